The smallest absolute Gasteiger partial charge is 0.125 e. The van der Waals surface area contributed by atoms with Crippen LogP contribution in [0.25, 0.3) is 0 Å². The summed E-state index contributed by atoms with van der Waals surface area (Å²) in [5.41, 5.74) is 2.41. The van der Waals surface area contributed by atoms with Gasteiger partial charge in [0.25, 0.3) is 0 Å². The molecule has 0 aromatic heterocycles. The third-order valence-corrected chi connectivity index (χ3v) is 3.62. The minimum Gasteiger partial charge on any atom is -0.501 e. The molecular weight excluding hydrogens is 294 g/mol. The van der Waals surface area contributed by atoms with E-state index in [2.05, 4.69) is 27.3 Å². The Morgan fingerprint density at radius 1 is 1.44 bits per heavy atom. The molecule has 1 atom stereocenters. The molecule has 0 radical (unpaired) electrons. The van der Waals surface area contributed by atoms with Crippen LogP contribution in [-0.2, 0) is 4.74 Å². The minimum absolute atomic E-state index is 0.147. The van der Waals surface area contributed by atoms with E-state index < -0.39 is 0 Å². The molecule has 1 aromatic carbocycles. The van der Waals surface area contributed by atoms with Gasteiger partial charge < -0.3 is 14.8 Å². The summed E-state index contributed by atoms with van der Waals surface area (Å²) in [6, 6.07) is 6.25. The molecule has 0 saturated carbocycles. The maximum absolute atomic E-state index is 5.46. The molecule has 1 aliphatic heterocycles. The maximum atomic E-state index is 5.46. The summed E-state index contributed by atoms with van der Waals surface area (Å²) in [6.07, 6.45) is 4.01. The van der Waals surface area contributed by atoms with Gasteiger partial charge in [-0.25, -0.2) is 0 Å². The number of rotatable bonds is 4. The zero-order valence-corrected chi connectivity index (χ0v) is 12.3. The van der Waals surface area contributed by atoms with Gasteiger partial charge in [0.05, 0.1) is 26.0 Å². The number of halogens is 1. The van der Waals surface area contributed by atoms with E-state index in [1.165, 1.54) is 5.57 Å². The average molecular weight is 312 g/mol. The van der Waals surface area contributed by atoms with Crippen LogP contribution in [0.1, 0.15) is 24.4 Å². The fraction of sp³-hybridized carbons (Fsp3) is 0.429. The third kappa shape index (κ3) is 2.87. The Balaban J connectivity index is 2.34. The second-order valence-corrected chi connectivity index (χ2v) is 5.19. The van der Waals surface area contributed by atoms with Crippen LogP contribution in [0.3, 0.4) is 0 Å². The van der Waals surface area contributed by atoms with Gasteiger partial charge >= 0.3 is 0 Å². The third-order valence-electron chi connectivity index (χ3n) is 3.13. The Morgan fingerprint density at radius 3 is 2.89 bits per heavy atom. The number of hydrogen-bond donors (Lipinski definition) is 1. The van der Waals surface area contributed by atoms with Crippen molar-refractivity contribution in [1.82, 2.24) is 5.32 Å². The zero-order chi connectivity index (χ0) is 13.0. The van der Waals surface area contributed by atoms with Gasteiger partial charge in [-0.1, -0.05) is 22.0 Å². The SMILES string of the molecule is CNC(C1=COCCC1)c1ccc(Br)cc1OC. The highest BCUT2D eigenvalue weighted by molar-refractivity contribution is 9.10. The normalized spacial score (nSPS) is 16.7. The number of likely N-dealkylation sites (N-methyl/N-ethyl adjacent to an activating group) is 1. The number of hydrogen-bond acceptors (Lipinski definition) is 3. The van der Waals surface area contributed by atoms with Gasteiger partial charge in [0, 0.05) is 10.0 Å². The largest absolute Gasteiger partial charge is 0.501 e. The summed E-state index contributed by atoms with van der Waals surface area (Å²) in [6.45, 7) is 0.817. The second kappa shape index (κ2) is 6.25. The van der Waals surface area contributed by atoms with E-state index in [1.807, 2.05) is 25.4 Å². The molecule has 0 saturated heterocycles. The van der Waals surface area contributed by atoms with Crippen LogP contribution in [0.2, 0.25) is 0 Å². The predicted molar refractivity (Wildman–Crippen MR) is 75.8 cm³/mol. The summed E-state index contributed by atoms with van der Waals surface area (Å²) in [5, 5.41) is 3.34. The number of nitrogens with one attached hydrogen (secondary N) is 1. The minimum atomic E-state index is 0.147. The van der Waals surface area contributed by atoms with Crippen LogP contribution in [0.4, 0.5) is 0 Å². The highest BCUT2D eigenvalue weighted by Crippen LogP contribution is 2.34. The van der Waals surface area contributed by atoms with E-state index in [4.69, 9.17) is 9.47 Å². The summed E-state index contributed by atoms with van der Waals surface area (Å²) in [7, 11) is 3.66. The van der Waals surface area contributed by atoms with Crippen molar-refractivity contribution in [3.8, 4) is 5.75 Å². The average Bonchev–Trinajstić information content (AvgIpc) is 2.42. The van der Waals surface area contributed by atoms with Crippen LogP contribution >= 0.6 is 15.9 Å². The van der Waals surface area contributed by atoms with Gasteiger partial charge in [-0.2, -0.15) is 0 Å². The van der Waals surface area contributed by atoms with Crippen molar-refractivity contribution in [3.05, 3.63) is 40.1 Å². The highest BCUT2D eigenvalue weighted by Gasteiger charge is 2.20. The molecule has 0 aliphatic carbocycles. The molecule has 1 aliphatic rings. The Hall–Kier alpha value is -1.00. The molecule has 1 N–H and O–H groups in total. The van der Waals surface area contributed by atoms with Gasteiger partial charge in [0.15, 0.2) is 0 Å². The lowest BCUT2D eigenvalue weighted by Crippen LogP contribution is -2.21. The van der Waals surface area contributed by atoms with Crippen molar-refractivity contribution < 1.29 is 9.47 Å². The van der Waals surface area contributed by atoms with Crippen molar-refractivity contribution >= 4 is 15.9 Å². The van der Waals surface area contributed by atoms with E-state index in [0.717, 1.165) is 35.2 Å². The molecule has 98 valence electrons. The topological polar surface area (TPSA) is 30.5 Å². The Kier molecular flexibility index (Phi) is 4.66. The predicted octanol–water partition coefficient (Wildman–Crippen LogP) is 3.41. The Morgan fingerprint density at radius 2 is 2.28 bits per heavy atom. The standard InChI is InChI=1S/C14H18BrNO2/c1-16-14(10-4-3-7-18-9-10)12-6-5-11(15)8-13(12)17-2/h5-6,8-9,14,16H,3-4,7H2,1-2H3. The van der Waals surface area contributed by atoms with Crippen LogP contribution in [0, 0.1) is 0 Å². The molecule has 1 unspecified atom stereocenters. The first kappa shape index (κ1) is 13.4. The molecule has 1 aromatic rings. The van der Waals surface area contributed by atoms with Crippen LogP contribution in [0.15, 0.2) is 34.5 Å². The molecule has 1 heterocycles. The zero-order valence-electron chi connectivity index (χ0n) is 10.7. The van der Waals surface area contributed by atoms with Gasteiger partial charge in [0.2, 0.25) is 0 Å². The lowest BCUT2D eigenvalue weighted by Gasteiger charge is -2.24. The molecule has 0 bridgehead atoms. The fourth-order valence-electron chi connectivity index (χ4n) is 2.26. The lowest BCUT2D eigenvalue weighted by molar-refractivity contribution is 0.219. The van der Waals surface area contributed by atoms with E-state index in [-0.39, 0.29) is 6.04 Å². The first-order chi connectivity index (χ1) is 8.76. The Labute approximate surface area is 116 Å². The van der Waals surface area contributed by atoms with Crippen molar-refractivity contribution in [1.29, 1.82) is 0 Å². The molecule has 4 heteroatoms. The lowest BCUT2D eigenvalue weighted by atomic mass is 9.95. The van der Waals surface area contributed by atoms with E-state index in [0.29, 0.717) is 0 Å². The quantitative estimate of drug-likeness (QED) is 0.924. The van der Waals surface area contributed by atoms with E-state index in [1.54, 1.807) is 7.11 Å². The summed E-state index contributed by atoms with van der Waals surface area (Å²) < 4.78 is 11.9. The fourth-order valence-corrected chi connectivity index (χ4v) is 2.60. The molecule has 0 amide bonds. The Bertz CT molecular complexity index is 445. The molecule has 2 rings (SSSR count). The summed E-state index contributed by atoms with van der Waals surface area (Å²) >= 11 is 3.46. The number of ether oxygens (including phenoxy) is 2. The van der Waals surface area contributed by atoms with Crippen molar-refractivity contribution in [2.24, 2.45) is 0 Å². The van der Waals surface area contributed by atoms with Crippen molar-refractivity contribution in [2.75, 3.05) is 20.8 Å². The molecule has 3 nitrogen and oxygen atoms in total. The maximum Gasteiger partial charge on any atom is 0.125 e. The summed E-state index contributed by atoms with van der Waals surface area (Å²) in [4.78, 5) is 0. The molecular formula is C14H18BrNO2. The van der Waals surface area contributed by atoms with Gasteiger partial charge in [0.1, 0.15) is 5.75 Å². The second-order valence-electron chi connectivity index (χ2n) is 4.28. The van der Waals surface area contributed by atoms with Crippen LogP contribution < -0.4 is 10.1 Å². The van der Waals surface area contributed by atoms with Gasteiger partial charge in [-0.05, 0) is 37.6 Å². The number of methoxy groups -OCH3 is 1. The van der Waals surface area contributed by atoms with Crippen molar-refractivity contribution in [2.45, 2.75) is 18.9 Å². The first-order valence-corrected chi connectivity index (χ1v) is 6.87. The van der Waals surface area contributed by atoms with E-state index >= 15 is 0 Å². The van der Waals surface area contributed by atoms with Gasteiger partial charge in [-0.3, -0.25) is 0 Å². The van der Waals surface area contributed by atoms with Crippen LogP contribution in [0.5, 0.6) is 5.75 Å². The first-order valence-electron chi connectivity index (χ1n) is 6.07. The van der Waals surface area contributed by atoms with Crippen molar-refractivity contribution in [3.63, 3.8) is 0 Å². The monoisotopic (exact) mass is 311 g/mol. The summed E-state index contributed by atoms with van der Waals surface area (Å²) in [5.74, 6) is 0.884. The molecule has 18 heavy (non-hydrogen) atoms. The molecule has 0 fully saturated rings. The highest BCUT2D eigenvalue weighted by atomic mass is 79.9. The van der Waals surface area contributed by atoms with Gasteiger partial charge in [-0.15, -0.1) is 0 Å². The van der Waals surface area contributed by atoms with E-state index in [9.17, 15) is 0 Å². The molecule has 0 spiro atoms. The number of benzene rings is 1. The van der Waals surface area contributed by atoms with Crippen LogP contribution in [-0.4, -0.2) is 20.8 Å².